The molecule has 0 aliphatic rings. The number of rotatable bonds is 3. The van der Waals surface area contributed by atoms with Crippen LogP contribution in [-0.4, -0.2) is 9.97 Å². The zero-order chi connectivity index (χ0) is 13.9. The van der Waals surface area contributed by atoms with Gasteiger partial charge in [-0.25, -0.2) is 4.98 Å². The molecule has 0 amide bonds. The van der Waals surface area contributed by atoms with Crippen molar-refractivity contribution in [2.45, 2.75) is 6.04 Å². The summed E-state index contributed by atoms with van der Waals surface area (Å²) >= 11 is 5.88. The molecule has 3 rings (SSSR count). The SMILES string of the molecule is NC(c1cncc(-c2ccc(Cl)cc2)n1)c1ccco1. The van der Waals surface area contributed by atoms with Crippen molar-refractivity contribution in [1.29, 1.82) is 0 Å². The standard InChI is InChI=1S/C15H12ClN3O/c16-11-5-3-10(4-6-11)12-8-18-9-13(19-12)15(17)14-2-1-7-20-14/h1-9,15H,17H2. The average Bonchev–Trinajstić information content (AvgIpc) is 3.01. The first-order valence-corrected chi connectivity index (χ1v) is 6.49. The Labute approximate surface area is 121 Å². The normalized spacial score (nSPS) is 12.3. The van der Waals surface area contributed by atoms with Crippen LogP contribution >= 0.6 is 11.6 Å². The number of nitrogens with two attached hydrogens (primary N) is 1. The number of aromatic nitrogens is 2. The van der Waals surface area contributed by atoms with Gasteiger partial charge in [0.1, 0.15) is 11.8 Å². The highest BCUT2D eigenvalue weighted by atomic mass is 35.5. The molecule has 0 saturated heterocycles. The summed E-state index contributed by atoms with van der Waals surface area (Å²) in [4.78, 5) is 8.74. The molecule has 20 heavy (non-hydrogen) atoms. The summed E-state index contributed by atoms with van der Waals surface area (Å²) < 4.78 is 5.30. The van der Waals surface area contributed by atoms with Crippen molar-refractivity contribution >= 4 is 11.6 Å². The van der Waals surface area contributed by atoms with Gasteiger partial charge in [-0.3, -0.25) is 4.98 Å². The van der Waals surface area contributed by atoms with Crippen LogP contribution in [-0.2, 0) is 0 Å². The molecule has 0 spiro atoms. The maximum absolute atomic E-state index is 6.11. The number of benzene rings is 1. The number of hydrogen-bond donors (Lipinski definition) is 1. The van der Waals surface area contributed by atoms with Gasteiger partial charge in [0.25, 0.3) is 0 Å². The lowest BCUT2D eigenvalue weighted by Crippen LogP contribution is -2.13. The van der Waals surface area contributed by atoms with Gasteiger partial charge in [-0.05, 0) is 24.3 Å². The van der Waals surface area contributed by atoms with E-state index in [0.717, 1.165) is 11.3 Å². The molecule has 1 atom stereocenters. The second kappa shape index (κ2) is 5.45. The second-order valence-corrected chi connectivity index (χ2v) is 4.77. The molecule has 1 aromatic carbocycles. The van der Waals surface area contributed by atoms with Crippen molar-refractivity contribution in [1.82, 2.24) is 9.97 Å². The van der Waals surface area contributed by atoms with Gasteiger partial charge >= 0.3 is 0 Å². The summed E-state index contributed by atoms with van der Waals surface area (Å²) in [5.74, 6) is 0.660. The Hall–Kier alpha value is -2.17. The van der Waals surface area contributed by atoms with E-state index in [0.29, 0.717) is 16.5 Å². The number of hydrogen-bond acceptors (Lipinski definition) is 4. The molecule has 3 aromatic rings. The highest BCUT2D eigenvalue weighted by Gasteiger charge is 2.14. The summed E-state index contributed by atoms with van der Waals surface area (Å²) in [7, 11) is 0. The highest BCUT2D eigenvalue weighted by Crippen LogP contribution is 2.22. The Morgan fingerprint density at radius 2 is 1.90 bits per heavy atom. The van der Waals surface area contributed by atoms with Gasteiger partial charge in [0, 0.05) is 10.6 Å². The molecular weight excluding hydrogens is 274 g/mol. The van der Waals surface area contributed by atoms with Gasteiger partial charge in [0.2, 0.25) is 0 Å². The van der Waals surface area contributed by atoms with E-state index < -0.39 is 6.04 Å². The Morgan fingerprint density at radius 3 is 2.60 bits per heavy atom. The number of nitrogens with zero attached hydrogens (tertiary/aromatic N) is 2. The summed E-state index contributed by atoms with van der Waals surface area (Å²) in [5, 5.41) is 0.685. The average molecular weight is 286 g/mol. The van der Waals surface area contributed by atoms with Crippen LogP contribution in [0.25, 0.3) is 11.3 Å². The Morgan fingerprint density at radius 1 is 1.10 bits per heavy atom. The van der Waals surface area contributed by atoms with Crippen molar-refractivity contribution in [3.05, 3.63) is 71.5 Å². The van der Waals surface area contributed by atoms with Gasteiger partial charge in [-0.2, -0.15) is 0 Å². The molecule has 0 saturated carbocycles. The highest BCUT2D eigenvalue weighted by molar-refractivity contribution is 6.30. The van der Waals surface area contributed by atoms with Crippen molar-refractivity contribution in [3.63, 3.8) is 0 Å². The number of furan rings is 1. The minimum atomic E-state index is -0.426. The predicted octanol–water partition coefficient (Wildman–Crippen LogP) is 3.44. The predicted molar refractivity (Wildman–Crippen MR) is 77.2 cm³/mol. The largest absolute Gasteiger partial charge is 0.467 e. The minimum Gasteiger partial charge on any atom is -0.467 e. The van der Waals surface area contributed by atoms with Gasteiger partial charge < -0.3 is 10.2 Å². The smallest absolute Gasteiger partial charge is 0.126 e. The van der Waals surface area contributed by atoms with Crippen LogP contribution in [0, 0.1) is 0 Å². The Balaban J connectivity index is 1.95. The monoisotopic (exact) mass is 285 g/mol. The van der Waals surface area contributed by atoms with E-state index in [4.69, 9.17) is 21.8 Å². The van der Waals surface area contributed by atoms with Crippen LogP contribution in [0.15, 0.2) is 59.5 Å². The Bertz CT molecular complexity index is 695. The molecule has 4 nitrogen and oxygen atoms in total. The van der Waals surface area contributed by atoms with Gasteiger partial charge in [-0.15, -0.1) is 0 Å². The van der Waals surface area contributed by atoms with Crippen LogP contribution in [0.3, 0.4) is 0 Å². The third kappa shape index (κ3) is 2.57. The fraction of sp³-hybridized carbons (Fsp3) is 0.0667. The molecule has 100 valence electrons. The van der Waals surface area contributed by atoms with Crippen molar-refractivity contribution in [3.8, 4) is 11.3 Å². The molecule has 2 N–H and O–H groups in total. The third-order valence-corrected chi connectivity index (χ3v) is 3.21. The maximum Gasteiger partial charge on any atom is 0.126 e. The lowest BCUT2D eigenvalue weighted by atomic mass is 10.1. The fourth-order valence-electron chi connectivity index (χ4n) is 1.90. The molecule has 5 heteroatoms. The minimum absolute atomic E-state index is 0.426. The van der Waals surface area contributed by atoms with Gasteiger partial charge in [0.05, 0.1) is 30.0 Å². The molecule has 0 aliphatic carbocycles. The molecule has 0 radical (unpaired) electrons. The van der Waals surface area contributed by atoms with Crippen LogP contribution < -0.4 is 5.73 Å². The van der Waals surface area contributed by atoms with Crippen LogP contribution in [0.5, 0.6) is 0 Å². The number of halogens is 1. The van der Waals surface area contributed by atoms with Crippen molar-refractivity contribution in [2.75, 3.05) is 0 Å². The summed E-state index contributed by atoms with van der Waals surface area (Å²) in [6.07, 6.45) is 4.93. The second-order valence-electron chi connectivity index (χ2n) is 4.33. The summed E-state index contributed by atoms with van der Waals surface area (Å²) in [5.41, 5.74) is 8.47. The molecule has 1 unspecified atom stereocenters. The van der Waals surface area contributed by atoms with Gasteiger partial charge in [-0.1, -0.05) is 23.7 Å². The Kier molecular flexibility index (Phi) is 3.50. The lowest BCUT2D eigenvalue weighted by Gasteiger charge is -2.09. The molecule has 0 bridgehead atoms. The van der Waals surface area contributed by atoms with Crippen molar-refractivity contribution in [2.24, 2.45) is 5.73 Å². The first-order valence-electron chi connectivity index (χ1n) is 6.11. The van der Waals surface area contributed by atoms with E-state index in [1.807, 2.05) is 30.3 Å². The molecular formula is C15H12ClN3O. The van der Waals surface area contributed by atoms with Crippen molar-refractivity contribution < 1.29 is 4.42 Å². The van der Waals surface area contributed by atoms with E-state index in [1.165, 1.54) is 0 Å². The molecule has 2 heterocycles. The zero-order valence-corrected chi connectivity index (χ0v) is 11.3. The fourth-order valence-corrected chi connectivity index (χ4v) is 2.03. The molecule has 2 aromatic heterocycles. The summed E-state index contributed by atoms with van der Waals surface area (Å²) in [6.45, 7) is 0. The molecule has 0 aliphatic heterocycles. The van der Waals surface area contributed by atoms with E-state index >= 15 is 0 Å². The molecule has 0 fully saturated rings. The summed E-state index contributed by atoms with van der Waals surface area (Å²) in [6, 6.07) is 10.6. The van der Waals surface area contributed by atoms with E-state index in [2.05, 4.69) is 9.97 Å². The van der Waals surface area contributed by atoms with Gasteiger partial charge in [0.15, 0.2) is 0 Å². The van der Waals surface area contributed by atoms with Crippen LogP contribution in [0.4, 0.5) is 0 Å². The third-order valence-electron chi connectivity index (χ3n) is 2.96. The van der Waals surface area contributed by atoms with E-state index in [-0.39, 0.29) is 0 Å². The quantitative estimate of drug-likeness (QED) is 0.800. The maximum atomic E-state index is 6.11. The van der Waals surface area contributed by atoms with Crippen LogP contribution in [0.2, 0.25) is 5.02 Å². The first kappa shape index (κ1) is 12.8. The van der Waals surface area contributed by atoms with Crippen LogP contribution in [0.1, 0.15) is 17.5 Å². The lowest BCUT2D eigenvalue weighted by molar-refractivity contribution is 0.486. The first-order chi connectivity index (χ1) is 9.74. The zero-order valence-electron chi connectivity index (χ0n) is 10.5. The van der Waals surface area contributed by atoms with E-state index in [1.54, 1.807) is 24.7 Å². The van der Waals surface area contributed by atoms with E-state index in [9.17, 15) is 0 Å². The topological polar surface area (TPSA) is 64.9 Å².